The number of hydrogen-bond donors (Lipinski definition) is 1. The molecule has 4 heteroatoms. The van der Waals surface area contributed by atoms with Gasteiger partial charge in [0.25, 0.3) is 0 Å². The highest BCUT2D eigenvalue weighted by Crippen LogP contribution is 2.34. The lowest BCUT2D eigenvalue weighted by Crippen LogP contribution is -2.19. The Bertz CT molecular complexity index is 564. The molecule has 112 valence electrons. The number of anilines is 1. The number of aryl methyl sites for hydroxylation is 1. The monoisotopic (exact) mass is 293 g/mol. The summed E-state index contributed by atoms with van der Waals surface area (Å²) in [5.74, 6) is 0. The molecular weight excluding hydrogens is 275 g/mol. The van der Waals surface area contributed by atoms with E-state index in [9.17, 15) is 13.2 Å². The maximum absolute atomic E-state index is 12.9. The number of rotatable bonds is 5. The van der Waals surface area contributed by atoms with Crippen molar-refractivity contribution in [3.05, 3.63) is 65.7 Å². The summed E-state index contributed by atoms with van der Waals surface area (Å²) < 4.78 is 38.7. The summed E-state index contributed by atoms with van der Waals surface area (Å²) in [7, 11) is 0. The van der Waals surface area contributed by atoms with Crippen LogP contribution in [-0.4, -0.2) is 6.04 Å². The van der Waals surface area contributed by atoms with E-state index in [1.54, 1.807) is 6.07 Å². The van der Waals surface area contributed by atoms with Crippen LogP contribution in [-0.2, 0) is 12.6 Å². The van der Waals surface area contributed by atoms with Crippen LogP contribution in [0, 0.1) is 0 Å². The molecule has 0 aliphatic rings. The van der Waals surface area contributed by atoms with Gasteiger partial charge in [0, 0.05) is 11.7 Å². The number of para-hydroxylation sites is 1. The number of hydrogen-bond acceptors (Lipinski definition) is 1. The fourth-order valence-corrected chi connectivity index (χ4v) is 2.22. The van der Waals surface area contributed by atoms with Crippen molar-refractivity contribution in [1.82, 2.24) is 0 Å². The van der Waals surface area contributed by atoms with Gasteiger partial charge in [0.15, 0.2) is 0 Å². The molecule has 1 nitrogen and oxygen atoms in total. The predicted octanol–water partition coefficient (Wildman–Crippen LogP) is 5.14. The Morgan fingerprint density at radius 1 is 0.952 bits per heavy atom. The Balaban J connectivity index is 1.98. The molecule has 21 heavy (non-hydrogen) atoms. The Morgan fingerprint density at radius 3 is 2.24 bits per heavy atom. The standard InChI is InChI=1S/C17H18F3N/c1-13(11-12-14-7-3-2-4-8-14)21-16-10-6-5-9-15(16)17(18,19)20/h2-10,13,21H,11-12H2,1H3. The second-order valence-corrected chi connectivity index (χ2v) is 5.11. The van der Waals surface area contributed by atoms with Crippen molar-refractivity contribution in [3.8, 4) is 0 Å². The van der Waals surface area contributed by atoms with Gasteiger partial charge in [-0.05, 0) is 37.5 Å². The number of halogens is 3. The maximum Gasteiger partial charge on any atom is 0.418 e. The SMILES string of the molecule is CC(CCc1ccccc1)Nc1ccccc1C(F)(F)F. The molecular formula is C17H18F3N. The third-order valence-corrected chi connectivity index (χ3v) is 3.34. The Morgan fingerprint density at radius 2 is 1.57 bits per heavy atom. The van der Waals surface area contributed by atoms with Crippen molar-refractivity contribution in [2.24, 2.45) is 0 Å². The van der Waals surface area contributed by atoms with E-state index in [2.05, 4.69) is 5.32 Å². The lowest BCUT2D eigenvalue weighted by Gasteiger charge is -2.19. The van der Waals surface area contributed by atoms with Crippen molar-refractivity contribution in [2.45, 2.75) is 32.0 Å². The summed E-state index contributed by atoms with van der Waals surface area (Å²) in [6.45, 7) is 1.90. The largest absolute Gasteiger partial charge is 0.418 e. The van der Waals surface area contributed by atoms with E-state index in [0.29, 0.717) is 0 Å². The molecule has 2 rings (SSSR count). The minimum absolute atomic E-state index is 0.0336. The van der Waals surface area contributed by atoms with E-state index < -0.39 is 11.7 Å². The Kier molecular flexibility index (Phi) is 4.89. The van der Waals surface area contributed by atoms with E-state index >= 15 is 0 Å². The van der Waals surface area contributed by atoms with Crippen molar-refractivity contribution in [2.75, 3.05) is 5.32 Å². The Labute approximate surface area is 122 Å². The molecule has 0 aromatic heterocycles. The van der Waals surface area contributed by atoms with Gasteiger partial charge in [0.2, 0.25) is 0 Å². The first-order valence-corrected chi connectivity index (χ1v) is 6.93. The first-order valence-electron chi connectivity index (χ1n) is 6.93. The highest BCUT2D eigenvalue weighted by molar-refractivity contribution is 5.53. The topological polar surface area (TPSA) is 12.0 Å². The zero-order chi connectivity index (χ0) is 15.3. The predicted molar refractivity (Wildman–Crippen MR) is 79.3 cm³/mol. The summed E-state index contributed by atoms with van der Waals surface area (Å²) in [5, 5.41) is 2.97. The third kappa shape index (κ3) is 4.52. The van der Waals surface area contributed by atoms with E-state index in [1.807, 2.05) is 37.3 Å². The average molecular weight is 293 g/mol. The molecule has 1 unspecified atom stereocenters. The molecule has 0 spiro atoms. The average Bonchev–Trinajstić information content (AvgIpc) is 2.46. The van der Waals surface area contributed by atoms with Crippen LogP contribution in [0.1, 0.15) is 24.5 Å². The van der Waals surface area contributed by atoms with Crippen molar-refractivity contribution >= 4 is 5.69 Å². The smallest absolute Gasteiger partial charge is 0.382 e. The van der Waals surface area contributed by atoms with Gasteiger partial charge in [-0.25, -0.2) is 0 Å². The van der Waals surface area contributed by atoms with Crippen molar-refractivity contribution < 1.29 is 13.2 Å². The highest BCUT2D eigenvalue weighted by Gasteiger charge is 2.33. The van der Waals surface area contributed by atoms with Gasteiger partial charge < -0.3 is 5.32 Å². The molecule has 0 bridgehead atoms. The molecule has 0 saturated carbocycles. The first-order chi connectivity index (χ1) is 9.97. The minimum Gasteiger partial charge on any atom is -0.382 e. The second kappa shape index (κ2) is 6.66. The van der Waals surface area contributed by atoms with Gasteiger partial charge in [-0.2, -0.15) is 13.2 Å². The third-order valence-electron chi connectivity index (χ3n) is 3.34. The normalized spacial score (nSPS) is 13.0. The molecule has 2 aromatic carbocycles. The maximum atomic E-state index is 12.9. The molecule has 0 aliphatic carbocycles. The van der Waals surface area contributed by atoms with Gasteiger partial charge in [0.05, 0.1) is 5.56 Å². The number of alkyl halides is 3. The second-order valence-electron chi connectivity index (χ2n) is 5.11. The number of nitrogens with one attached hydrogen (secondary N) is 1. The van der Waals surface area contributed by atoms with Crippen LogP contribution in [0.2, 0.25) is 0 Å². The van der Waals surface area contributed by atoms with Crippen LogP contribution in [0.25, 0.3) is 0 Å². The van der Waals surface area contributed by atoms with Gasteiger partial charge in [-0.3, -0.25) is 0 Å². The molecule has 0 amide bonds. The molecule has 1 N–H and O–H groups in total. The lowest BCUT2D eigenvalue weighted by molar-refractivity contribution is -0.137. The summed E-state index contributed by atoms with van der Waals surface area (Å²) >= 11 is 0. The lowest BCUT2D eigenvalue weighted by atomic mass is 10.1. The fourth-order valence-electron chi connectivity index (χ4n) is 2.22. The fraction of sp³-hybridized carbons (Fsp3) is 0.294. The van der Waals surface area contributed by atoms with Crippen LogP contribution in [0.3, 0.4) is 0 Å². The van der Waals surface area contributed by atoms with Gasteiger partial charge in [-0.1, -0.05) is 42.5 Å². The molecule has 0 heterocycles. The van der Waals surface area contributed by atoms with Crippen molar-refractivity contribution in [1.29, 1.82) is 0 Å². The molecule has 0 fully saturated rings. The molecule has 0 radical (unpaired) electrons. The van der Waals surface area contributed by atoms with E-state index in [4.69, 9.17) is 0 Å². The minimum atomic E-state index is -4.33. The summed E-state index contributed by atoms with van der Waals surface area (Å²) in [6.07, 6.45) is -2.72. The van der Waals surface area contributed by atoms with Crippen LogP contribution in [0.5, 0.6) is 0 Å². The first kappa shape index (κ1) is 15.4. The highest BCUT2D eigenvalue weighted by atomic mass is 19.4. The van der Waals surface area contributed by atoms with E-state index in [1.165, 1.54) is 17.7 Å². The van der Waals surface area contributed by atoms with Gasteiger partial charge >= 0.3 is 6.18 Å². The van der Waals surface area contributed by atoms with Crippen molar-refractivity contribution in [3.63, 3.8) is 0 Å². The number of benzene rings is 2. The molecule has 0 aliphatic heterocycles. The van der Waals surface area contributed by atoms with Crippen LogP contribution >= 0.6 is 0 Å². The quantitative estimate of drug-likeness (QED) is 0.805. The summed E-state index contributed by atoms with van der Waals surface area (Å²) in [5.41, 5.74) is 0.720. The van der Waals surface area contributed by atoms with Crippen LogP contribution in [0.4, 0.5) is 18.9 Å². The van der Waals surface area contributed by atoms with Crippen LogP contribution in [0.15, 0.2) is 54.6 Å². The summed E-state index contributed by atoms with van der Waals surface area (Å²) in [6, 6.07) is 15.5. The Hall–Kier alpha value is -1.97. The van der Waals surface area contributed by atoms with Crippen LogP contribution < -0.4 is 5.32 Å². The zero-order valence-electron chi connectivity index (χ0n) is 11.8. The molecule has 2 aromatic rings. The molecule has 0 saturated heterocycles. The zero-order valence-corrected chi connectivity index (χ0v) is 11.8. The summed E-state index contributed by atoms with van der Waals surface area (Å²) in [4.78, 5) is 0. The van der Waals surface area contributed by atoms with E-state index in [-0.39, 0.29) is 11.7 Å². The van der Waals surface area contributed by atoms with Gasteiger partial charge in [-0.15, -0.1) is 0 Å². The van der Waals surface area contributed by atoms with E-state index in [0.717, 1.165) is 18.9 Å². The molecule has 1 atom stereocenters. The van der Waals surface area contributed by atoms with Gasteiger partial charge in [0.1, 0.15) is 0 Å².